The molecular weight excluding hydrogens is 241 g/mol. The summed E-state index contributed by atoms with van der Waals surface area (Å²) < 4.78 is 18.4. The van der Waals surface area contributed by atoms with Gasteiger partial charge in [0.1, 0.15) is 11.6 Å². The molecule has 1 saturated heterocycles. The lowest BCUT2D eigenvalue weighted by Crippen LogP contribution is -2.30. The molecule has 4 heteroatoms. The largest absolute Gasteiger partial charge is 0.492 e. The summed E-state index contributed by atoms with van der Waals surface area (Å²) in [5, 5.41) is 3.71. The zero-order valence-electron chi connectivity index (χ0n) is 9.72. The highest BCUT2D eigenvalue weighted by molar-refractivity contribution is 6.32. The first-order valence-corrected chi connectivity index (χ1v) is 6.42. The van der Waals surface area contributed by atoms with Gasteiger partial charge in [-0.1, -0.05) is 11.6 Å². The minimum absolute atomic E-state index is 0.334. The Hall–Kier alpha value is -0.800. The molecule has 1 aromatic rings. The minimum Gasteiger partial charge on any atom is -0.492 e. The number of ether oxygens (including phenoxy) is 1. The van der Waals surface area contributed by atoms with Crippen LogP contribution in [0.3, 0.4) is 0 Å². The van der Waals surface area contributed by atoms with Crippen LogP contribution in [-0.4, -0.2) is 19.7 Å². The molecule has 0 radical (unpaired) electrons. The van der Waals surface area contributed by atoms with Crippen LogP contribution < -0.4 is 10.1 Å². The fourth-order valence-electron chi connectivity index (χ4n) is 2.10. The molecule has 0 spiro atoms. The molecule has 2 rings (SSSR count). The van der Waals surface area contributed by atoms with Crippen molar-refractivity contribution < 1.29 is 9.13 Å². The van der Waals surface area contributed by atoms with E-state index in [0.717, 1.165) is 19.5 Å². The highest BCUT2D eigenvalue weighted by atomic mass is 35.5. The Morgan fingerprint density at radius 3 is 3.06 bits per heavy atom. The second kappa shape index (κ2) is 6.22. The number of hydrogen-bond acceptors (Lipinski definition) is 2. The molecule has 1 heterocycles. The van der Waals surface area contributed by atoms with Crippen molar-refractivity contribution in [2.45, 2.75) is 19.3 Å². The topological polar surface area (TPSA) is 21.3 Å². The van der Waals surface area contributed by atoms with Crippen molar-refractivity contribution in [3.05, 3.63) is 29.0 Å². The highest BCUT2D eigenvalue weighted by Gasteiger charge is 2.13. The normalized spacial score (nSPS) is 20.2. The molecule has 0 saturated carbocycles. The van der Waals surface area contributed by atoms with Gasteiger partial charge in [-0.2, -0.15) is 0 Å². The van der Waals surface area contributed by atoms with Crippen molar-refractivity contribution in [3.63, 3.8) is 0 Å². The molecule has 17 heavy (non-hydrogen) atoms. The molecule has 0 amide bonds. The maximum atomic E-state index is 12.8. The van der Waals surface area contributed by atoms with Gasteiger partial charge >= 0.3 is 0 Å². The van der Waals surface area contributed by atoms with Gasteiger partial charge in [0.2, 0.25) is 0 Å². The lowest BCUT2D eigenvalue weighted by Gasteiger charge is -2.22. The Morgan fingerprint density at radius 2 is 2.35 bits per heavy atom. The lowest BCUT2D eigenvalue weighted by atomic mass is 9.97. The first kappa shape index (κ1) is 12.7. The van der Waals surface area contributed by atoms with Crippen LogP contribution in [-0.2, 0) is 0 Å². The number of nitrogens with one attached hydrogen (secondary N) is 1. The summed E-state index contributed by atoms with van der Waals surface area (Å²) in [6.45, 7) is 2.83. The molecular formula is C13H17ClFNO. The first-order chi connectivity index (χ1) is 8.25. The number of halogens is 2. The van der Waals surface area contributed by atoms with Crippen molar-refractivity contribution in [1.82, 2.24) is 5.32 Å². The van der Waals surface area contributed by atoms with Crippen LogP contribution >= 0.6 is 11.6 Å². The summed E-state index contributed by atoms with van der Waals surface area (Å²) in [5.41, 5.74) is 0. The predicted molar refractivity (Wildman–Crippen MR) is 67.1 cm³/mol. The molecule has 1 aliphatic heterocycles. The molecule has 1 aromatic carbocycles. The van der Waals surface area contributed by atoms with E-state index in [1.54, 1.807) is 6.07 Å². The number of hydrogen-bond donors (Lipinski definition) is 1. The zero-order valence-corrected chi connectivity index (χ0v) is 10.5. The molecule has 1 N–H and O–H groups in total. The van der Waals surface area contributed by atoms with E-state index >= 15 is 0 Å². The van der Waals surface area contributed by atoms with E-state index in [-0.39, 0.29) is 5.82 Å². The van der Waals surface area contributed by atoms with E-state index < -0.39 is 0 Å². The average Bonchev–Trinajstić information content (AvgIpc) is 2.33. The van der Waals surface area contributed by atoms with Gasteiger partial charge in [0.25, 0.3) is 0 Å². The maximum Gasteiger partial charge on any atom is 0.138 e. The van der Waals surface area contributed by atoms with Crippen LogP contribution in [0.4, 0.5) is 4.39 Å². The summed E-state index contributed by atoms with van der Waals surface area (Å²) in [6.07, 6.45) is 3.51. The van der Waals surface area contributed by atoms with E-state index in [9.17, 15) is 4.39 Å². The third-order valence-electron chi connectivity index (χ3n) is 3.08. The van der Waals surface area contributed by atoms with Gasteiger partial charge in [-0.3, -0.25) is 0 Å². The SMILES string of the molecule is Fc1ccc(OCC[C@@H]2CCCNC2)c(Cl)c1. The Morgan fingerprint density at radius 1 is 1.47 bits per heavy atom. The summed E-state index contributed by atoms with van der Waals surface area (Å²) >= 11 is 5.87. The van der Waals surface area contributed by atoms with Gasteiger partial charge in [0.15, 0.2) is 0 Å². The van der Waals surface area contributed by atoms with Gasteiger partial charge in [0, 0.05) is 0 Å². The summed E-state index contributed by atoms with van der Waals surface area (Å²) in [4.78, 5) is 0. The first-order valence-electron chi connectivity index (χ1n) is 6.04. The predicted octanol–water partition coefficient (Wildman–Crippen LogP) is 3.25. The van der Waals surface area contributed by atoms with Gasteiger partial charge in [0.05, 0.1) is 11.6 Å². The van der Waals surface area contributed by atoms with E-state index in [2.05, 4.69) is 5.32 Å². The van der Waals surface area contributed by atoms with Gasteiger partial charge in [-0.25, -0.2) is 4.39 Å². The maximum absolute atomic E-state index is 12.8. The highest BCUT2D eigenvalue weighted by Crippen LogP contribution is 2.25. The molecule has 0 aliphatic carbocycles. The van der Waals surface area contributed by atoms with Gasteiger partial charge in [-0.15, -0.1) is 0 Å². The Kier molecular flexibility index (Phi) is 4.63. The lowest BCUT2D eigenvalue weighted by molar-refractivity contribution is 0.254. The van der Waals surface area contributed by atoms with Gasteiger partial charge < -0.3 is 10.1 Å². The van der Waals surface area contributed by atoms with Crippen molar-refractivity contribution in [3.8, 4) is 5.75 Å². The van der Waals surface area contributed by atoms with Crippen LogP contribution in [0.15, 0.2) is 18.2 Å². The van der Waals surface area contributed by atoms with Gasteiger partial charge in [-0.05, 0) is 56.5 Å². The molecule has 1 aliphatic rings. The zero-order chi connectivity index (χ0) is 12.1. The average molecular weight is 258 g/mol. The minimum atomic E-state index is -0.334. The Bertz CT molecular complexity index is 366. The molecule has 2 nitrogen and oxygen atoms in total. The fraction of sp³-hybridized carbons (Fsp3) is 0.538. The smallest absolute Gasteiger partial charge is 0.138 e. The summed E-state index contributed by atoms with van der Waals surface area (Å²) in [7, 11) is 0. The molecule has 1 atom stereocenters. The summed E-state index contributed by atoms with van der Waals surface area (Å²) in [6, 6.07) is 4.22. The van der Waals surface area contributed by atoms with Crippen molar-refractivity contribution in [2.24, 2.45) is 5.92 Å². The summed E-state index contributed by atoms with van der Waals surface area (Å²) in [5.74, 6) is 0.915. The number of rotatable bonds is 4. The van der Waals surface area contributed by atoms with E-state index in [1.165, 1.54) is 25.0 Å². The number of benzene rings is 1. The Labute approximate surface area is 106 Å². The van der Waals surface area contributed by atoms with E-state index in [1.807, 2.05) is 0 Å². The van der Waals surface area contributed by atoms with E-state index in [4.69, 9.17) is 16.3 Å². The molecule has 1 fully saturated rings. The second-order valence-electron chi connectivity index (χ2n) is 4.42. The molecule has 0 bridgehead atoms. The molecule has 94 valence electrons. The third kappa shape index (κ3) is 3.86. The fourth-order valence-corrected chi connectivity index (χ4v) is 2.32. The van der Waals surface area contributed by atoms with Crippen LogP contribution in [0, 0.1) is 11.7 Å². The quantitative estimate of drug-likeness (QED) is 0.894. The van der Waals surface area contributed by atoms with Crippen molar-refractivity contribution in [1.29, 1.82) is 0 Å². The Balaban J connectivity index is 1.77. The van der Waals surface area contributed by atoms with Crippen molar-refractivity contribution in [2.75, 3.05) is 19.7 Å². The third-order valence-corrected chi connectivity index (χ3v) is 3.37. The van der Waals surface area contributed by atoms with Crippen molar-refractivity contribution >= 4 is 11.6 Å². The second-order valence-corrected chi connectivity index (χ2v) is 4.83. The molecule has 0 aromatic heterocycles. The standard InChI is InChI=1S/C13H17ClFNO/c14-12-8-11(15)3-4-13(12)17-7-5-10-2-1-6-16-9-10/h3-4,8,10,16H,1-2,5-7,9H2/t10-/m0/s1. The number of piperidine rings is 1. The van der Waals surface area contributed by atoms with Crippen LogP contribution in [0.1, 0.15) is 19.3 Å². The molecule has 0 unspecified atom stereocenters. The van der Waals surface area contributed by atoms with Crippen LogP contribution in [0.2, 0.25) is 5.02 Å². The van der Waals surface area contributed by atoms with Crippen LogP contribution in [0.5, 0.6) is 5.75 Å². The van der Waals surface area contributed by atoms with Crippen LogP contribution in [0.25, 0.3) is 0 Å². The van der Waals surface area contributed by atoms with E-state index in [0.29, 0.717) is 23.3 Å². The monoisotopic (exact) mass is 257 g/mol.